The Balaban J connectivity index is 2.25. The first-order chi connectivity index (χ1) is 9.38. The number of benzene rings is 2. The molecule has 0 spiro atoms. The molecule has 2 rings (SSSR count). The van der Waals surface area contributed by atoms with Gasteiger partial charge in [0.15, 0.2) is 0 Å². The van der Waals surface area contributed by atoms with Gasteiger partial charge < -0.3 is 11.1 Å². The van der Waals surface area contributed by atoms with Crippen molar-refractivity contribution in [3.63, 3.8) is 0 Å². The normalized spacial score (nSPS) is 12.2. The van der Waals surface area contributed by atoms with Crippen LogP contribution in [-0.4, -0.2) is 0 Å². The SMILES string of the molecule is Cc1ccc(C(C)Nc2cc(Cl)c(F)cc2N)cc1F. The van der Waals surface area contributed by atoms with E-state index in [0.717, 1.165) is 11.6 Å². The van der Waals surface area contributed by atoms with Crippen LogP contribution in [0.4, 0.5) is 20.2 Å². The number of anilines is 2. The number of nitrogens with two attached hydrogens (primary N) is 1. The summed E-state index contributed by atoms with van der Waals surface area (Å²) in [5.41, 5.74) is 7.87. The lowest BCUT2D eigenvalue weighted by atomic mass is 10.1. The van der Waals surface area contributed by atoms with Gasteiger partial charge in [-0.3, -0.25) is 0 Å². The maximum Gasteiger partial charge on any atom is 0.143 e. The predicted molar refractivity (Wildman–Crippen MR) is 79.0 cm³/mol. The van der Waals surface area contributed by atoms with Crippen LogP contribution < -0.4 is 11.1 Å². The molecule has 0 radical (unpaired) electrons. The monoisotopic (exact) mass is 296 g/mol. The highest BCUT2D eigenvalue weighted by Crippen LogP contribution is 2.29. The summed E-state index contributed by atoms with van der Waals surface area (Å²) in [4.78, 5) is 0. The molecule has 5 heteroatoms. The fourth-order valence-electron chi connectivity index (χ4n) is 1.88. The second-order valence-corrected chi connectivity index (χ2v) is 5.14. The Labute approximate surface area is 121 Å². The molecule has 20 heavy (non-hydrogen) atoms. The largest absolute Gasteiger partial charge is 0.397 e. The maximum atomic E-state index is 13.6. The van der Waals surface area contributed by atoms with Gasteiger partial charge in [-0.2, -0.15) is 0 Å². The Kier molecular flexibility index (Phi) is 4.14. The van der Waals surface area contributed by atoms with Crippen LogP contribution >= 0.6 is 11.6 Å². The number of hydrogen-bond donors (Lipinski definition) is 2. The number of rotatable bonds is 3. The minimum Gasteiger partial charge on any atom is -0.397 e. The van der Waals surface area contributed by atoms with Gasteiger partial charge in [0.05, 0.1) is 16.4 Å². The highest BCUT2D eigenvalue weighted by atomic mass is 35.5. The lowest BCUT2D eigenvalue weighted by Gasteiger charge is -2.18. The first-order valence-corrected chi connectivity index (χ1v) is 6.53. The summed E-state index contributed by atoms with van der Waals surface area (Å²) in [6, 6.07) is 7.41. The topological polar surface area (TPSA) is 38.0 Å². The predicted octanol–water partition coefficient (Wildman–Crippen LogP) is 4.68. The lowest BCUT2D eigenvalue weighted by Crippen LogP contribution is -2.09. The first kappa shape index (κ1) is 14.6. The molecule has 2 aromatic rings. The average Bonchev–Trinajstić information content (AvgIpc) is 2.39. The van der Waals surface area contributed by atoms with Crippen molar-refractivity contribution >= 4 is 23.0 Å². The van der Waals surface area contributed by atoms with E-state index >= 15 is 0 Å². The zero-order chi connectivity index (χ0) is 14.9. The van der Waals surface area contributed by atoms with Crippen molar-refractivity contribution in [3.8, 4) is 0 Å². The Bertz CT molecular complexity index is 644. The molecule has 0 aromatic heterocycles. The summed E-state index contributed by atoms with van der Waals surface area (Å²) in [5.74, 6) is -0.829. The van der Waals surface area contributed by atoms with E-state index in [1.807, 2.05) is 13.0 Å². The summed E-state index contributed by atoms with van der Waals surface area (Å²) < 4.78 is 26.8. The number of aryl methyl sites for hydroxylation is 1. The van der Waals surface area contributed by atoms with Crippen LogP contribution in [0.3, 0.4) is 0 Å². The molecule has 0 fully saturated rings. The Hall–Kier alpha value is -1.81. The third-order valence-corrected chi connectivity index (χ3v) is 3.45. The lowest BCUT2D eigenvalue weighted by molar-refractivity contribution is 0.614. The molecule has 0 aliphatic rings. The zero-order valence-corrected chi connectivity index (χ0v) is 11.9. The van der Waals surface area contributed by atoms with Gasteiger partial charge in [-0.15, -0.1) is 0 Å². The summed E-state index contributed by atoms with van der Waals surface area (Å²) in [6.45, 7) is 3.57. The van der Waals surface area contributed by atoms with E-state index < -0.39 is 5.82 Å². The fourth-order valence-corrected chi connectivity index (χ4v) is 2.05. The highest BCUT2D eigenvalue weighted by molar-refractivity contribution is 6.31. The third kappa shape index (κ3) is 3.02. The van der Waals surface area contributed by atoms with Crippen molar-refractivity contribution in [2.75, 3.05) is 11.1 Å². The van der Waals surface area contributed by atoms with Gasteiger partial charge in [0.2, 0.25) is 0 Å². The maximum absolute atomic E-state index is 13.6. The molecule has 0 amide bonds. The molecule has 106 valence electrons. The van der Waals surface area contributed by atoms with Gasteiger partial charge >= 0.3 is 0 Å². The zero-order valence-electron chi connectivity index (χ0n) is 11.2. The van der Waals surface area contributed by atoms with Crippen LogP contribution in [0.2, 0.25) is 5.02 Å². The molecule has 0 saturated carbocycles. The van der Waals surface area contributed by atoms with Gasteiger partial charge in [-0.1, -0.05) is 23.7 Å². The number of hydrogen-bond acceptors (Lipinski definition) is 2. The van der Waals surface area contributed by atoms with Crippen molar-refractivity contribution < 1.29 is 8.78 Å². The molecule has 1 unspecified atom stereocenters. The van der Waals surface area contributed by atoms with Crippen molar-refractivity contribution in [1.29, 1.82) is 0 Å². The fraction of sp³-hybridized carbons (Fsp3) is 0.200. The number of halogens is 3. The Morgan fingerprint density at radius 3 is 2.50 bits per heavy atom. The standard InChI is InChI=1S/C15H15ClF2N2/c1-8-3-4-10(5-12(8)17)9(2)20-15-6-11(16)13(18)7-14(15)19/h3-7,9,20H,19H2,1-2H3. The van der Waals surface area contributed by atoms with Gasteiger partial charge in [0.25, 0.3) is 0 Å². The van der Waals surface area contributed by atoms with E-state index in [9.17, 15) is 8.78 Å². The smallest absolute Gasteiger partial charge is 0.143 e. The summed E-state index contributed by atoms with van der Waals surface area (Å²) in [6.07, 6.45) is 0. The van der Waals surface area contributed by atoms with Crippen molar-refractivity contribution in [1.82, 2.24) is 0 Å². The molecule has 0 bridgehead atoms. The van der Waals surface area contributed by atoms with E-state index in [2.05, 4.69) is 5.32 Å². The number of nitrogens with one attached hydrogen (secondary N) is 1. The third-order valence-electron chi connectivity index (χ3n) is 3.16. The van der Waals surface area contributed by atoms with E-state index in [1.54, 1.807) is 13.0 Å². The number of nitrogen functional groups attached to an aromatic ring is 1. The quantitative estimate of drug-likeness (QED) is 0.807. The minimum absolute atomic E-state index is 0.0102. The van der Waals surface area contributed by atoms with Crippen molar-refractivity contribution in [2.24, 2.45) is 0 Å². The van der Waals surface area contributed by atoms with E-state index in [-0.39, 0.29) is 22.6 Å². The Morgan fingerprint density at radius 2 is 1.85 bits per heavy atom. The molecule has 2 aromatic carbocycles. The summed E-state index contributed by atoms with van der Waals surface area (Å²) in [7, 11) is 0. The molecule has 0 heterocycles. The van der Waals surface area contributed by atoms with Crippen molar-refractivity contribution in [2.45, 2.75) is 19.9 Å². The molecule has 0 saturated heterocycles. The molecular weight excluding hydrogens is 282 g/mol. The van der Waals surface area contributed by atoms with Crippen LogP contribution in [0.1, 0.15) is 24.1 Å². The van der Waals surface area contributed by atoms with Crippen LogP contribution in [0.15, 0.2) is 30.3 Å². The van der Waals surface area contributed by atoms with Crippen LogP contribution in [0.25, 0.3) is 0 Å². The molecule has 0 aliphatic heterocycles. The molecule has 0 aliphatic carbocycles. The second kappa shape index (κ2) is 5.67. The second-order valence-electron chi connectivity index (χ2n) is 4.73. The van der Waals surface area contributed by atoms with E-state index in [0.29, 0.717) is 11.3 Å². The molecule has 3 N–H and O–H groups in total. The first-order valence-electron chi connectivity index (χ1n) is 6.15. The van der Waals surface area contributed by atoms with E-state index in [4.69, 9.17) is 17.3 Å². The van der Waals surface area contributed by atoms with Gasteiger partial charge in [0, 0.05) is 12.1 Å². The highest BCUT2D eigenvalue weighted by Gasteiger charge is 2.11. The van der Waals surface area contributed by atoms with E-state index in [1.165, 1.54) is 12.1 Å². The average molecular weight is 297 g/mol. The van der Waals surface area contributed by atoms with Crippen LogP contribution in [0, 0.1) is 18.6 Å². The Morgan fingerprint density at radius 1 is 1.15 bits per heavy atom. The van der Waals surface area contributed by atoms with Gasteiger partial charge in [-0.25, -0.2) is 8.78 Å². The molecular formula is C15H15ClF2N2. The van der Waals surface area contributed by atoms with Gasteiger partial charge in [0.1, 0.15) is 11.6 Å². The summed E-state index contributed by atoms with van der Waals surface area (Å²) >= 11 is 5.73. The molecule has 2 nitrogen and oxygen atoms in total. The summed E-state index contributed by atoms with van der Waals surface area (Å²) in [5, 5.41) is 3.09. The van der Waals surface area contributed by atoms with Gasteiger partial charge in [-0.05, 0) is 37.1 Å². The van der Waals surface area contributed by atoms with Crippen LogP contribution in [-0.2, 0) is 0 Å². The van der Waals surface area contributed by atoms with Crippen molar-refractivity contribution in [3.05, 3.63) is 58.1 Å². The van der Waals surface area contributed by atoms with Crippen LogP contribution in [0.5, 0.6) is 0 Å². The molecule has 1 atom stereocenters. The minimum atomic E-state index is -0.566.